The predicted octanol–water partition coefficient (Wildman–Crippen LogP) is 2.59. The lowest BCUT2D eigenvalue weighted by Crippen LogP contribution is -2.31. The molecule has 18 heavy (non-hydrogen) atoms. The van der Waals surface area contributed by atoms with Gasteiger partial charge in [-0.15, -0.1) is 0 Å². The molecule has 0 aliphatic carbocycles. The highest BCUT2D eigenvalue weighted by Crippen LogP contribution is 2.31. The highest BCUT2D eigenvalue weighted by molar-refractivity contribution is 5.37. The number of nitrogens with zero attached hydrogens (tertiary/aromatic N) is 1. The minimum atomic E-state index is 0.365. The van der Waals surface area contributed by atoms with E-state index in [1.807, 2.05) is 6.07 Å². The molecule has 1 rings (SSSR count). The van der Waals surface area contributed by atoms with E-state index in [0.29, 0.717) is 18.5 Å². The van der Waals surface area contributed by atoms with Crippen LogP contribution in [0.5, 0.6) is 5.75 Å². The van der Waals surface area contributed by atoms with Crippen molar-refractivity contribution in [2.24, 2.45) is 11.7 Å². The molecule has 0 saturated heterocycles. The molecule has 2 N–H and O–H groups in total. The van der Waals surface area contributed by atoms with Gasteiger partial charge in [0.05, 0.1) is 7.11 Å². The maximum absolute atomic E-state index is 5.90. The number of hydrogen-bond donors (Lipinski definition) is 1. The van der Waals surface area contributed by atoms with Gasteiger partial charge in [0.25, 0.3) is 0 Å². The minimum absolute atomic E-state index is 0.365. The Kier molecular flexibility index (Phi) is 5.63. The van der Waals surface area contributed by atoms with E-state index in [2.05, 4.69) is 45.0 Å². The van der Waals surface area contributed by atoms with Gasteiger partial charge in [-0.3, -0.25) is 0 Å². The summed E-state index contributed by atoms with van der Waals surface area (Å²) in [7, 11) is 5.94. The molecule has 0 radical (unpaired) electrons. The molecule has 2 atom stereocenters. The summed E-state index contributed by atoms with van der Waals surface area (Å²) in [6, 6.07) is 6.77. The highest BCUT2D eigenvalue weighted by atomic mass is 16.5. The maximum Gasteiger partial charge on any atom is 0.121 e. The molecule has 0 bridgehead atoms. The van der Waals surface area contributed by atoms with Crippen molar-refractivity contribution in [3.05, 3.63) is 29.3 Å². The van der Waals surface area contributed by atoms with Crippen LogP contribution in [0, 0.1) is 12.8 Å². The van der Waals surface area contributed by atoms with E-state index in [0.717, 1.165) is 12.2 Å². The molecule has 3 heteroatoms. The molecular formula is C15H26N2O. The van der Waals surface area contributed by atoms with Crippen LogP contribution in [0.25, 0.3) is 0 Å². The molecule has 0 amide bonds. The van der Waals surface area contributed by atoms with E-state index in [9.17, 15) is 0 Å². The van der Waals surface area contributed by atoms with Crippen molar-refractivity contribution < 1.29 is 4.74 Å². The average molecular weight is 250 g/mol. The molecule has 102 valence electrons. The van der Waals surface area contributed by atoms with Crippen LogP contribution in [0.3, 0.4) is 0 Å². The van der Waals surface area contributed by atoms with Crippen LogP contribution in [-0.2, 0) is 0 Å². The third-order valence-corrected chi connectivity index (χ3v) is 3.59. The number of benzene rings is 1. The van der Waals surface area contributed by atoms with Crippen LogP contribution in [0.2, 0.25) is 0 Å². The molecule has 0 fully saturated rings. The van der Waals surface area contributed by atoms with Crippen molar-refractivity contribution >= 4 is 0 Å². The van der Waals surface area contributed by atoms with Crippen molar-refractivity contribution in [3.63, 3.8) is 0 Å². The molecular weight excluding hydrogens is 224 g/mol. The standard InChI is InChI=1S/C15H26N2O/c1-6-12(10-16)15(17(3)4)13-7-8-14(18-5)11(2)9-13/h7-9,12,15H,6,10,16H2,1-5H3. The van der Waals surface area contributed by atoms with Crippen molar-refractivity contribution in [2.45, 2.75) is 26.3 Å². The van der Waals surface area contributed by atoms with Gasteiger partial charge in [-0.2, -0.15) is 0 Å². The molecule has 3 nitrogen and oxygen atoms in total. The summed E-state index contributed by atoms with van der Waals surface area (Å²) in [4.78, 5) is 2.25. The van der Waals surface area contributed by atoms with E-state index in [1.54, 1.807) is 7.11 Å². The van der Waals surface area contributed by atoms with Crippen LogP contribution in [0.1, 0.15) is 30.5 Å². The first-order valence-electron chi connectivity index (χ1n) is 6.56. The molecule has 1 aromatic rings. The van der Waals surface area contributed by atoms with Gasteiger partial charge in [0.1, 0.15) is 5.75 Å². The van der Waals surface area contributed by atoms with Crippen molar-refractivity contribution in [3.8, 4) is 5.75 Å². The summed E-state index contributed by atoms with van der Waals surface area (Å²) in [5.41, 5.74) is 8.39. The number of methoxy groups -OCH3 is 1. The summed E-state index contributed by atoms with van der Waals surface area (Å²) in [6.07, 6.45) is 1.09. The topological polar surface area (TPSA) is 38.5 Å². The SMILES string of the molecule is CCC(CN)C(c1ccc(OC)c(C)c1)N(C)C. The van der Waals surface area contributed by atoms with Crippen molar-refractivity contribution in [2.75, 3.05) is 27.7 Å². The summed E-state index contributed by atoms with van der Waals surface area (Å²) in [5, 5.41) is 0. The normalized spacial score (nSPS) is 14.6. The summed E-state index contributed by atoms with van der Waals surface area (Å²) >= 11 is 0. The Bertz CT molecular complexity index is 373. The number of nitrogens with two attached hydrogens (primary N) is 1. The maximum atomic E-state index is 5.90. The quantitative estimate of drug-likeness (QED) is 0.843. The summed E-state index contributed by atoms with van der Waals surface area (Å²) < 4.78 is 5.32. The van der Waals surface area contributed by atoms with Crippen LogP contribution >= 0.6 is 0 Å². The Morgan fingerprint density at radius 1 is 1.33 bits per heavy atom. The Labute approximate surface area is 111 Å². The number of aryl methyl sites for hydroxylation is 1. The van der Waals surface area contributed by atoms with E-state index in [4.69, 9.17) is 10.5 Å². The van der Waals surface area contributed by atoms with Gasteiger partial charge in [0.2, 0.25) is 0 Å². The fraction of sp³-hybridized carbons (Fsp3) is 0.600. The Balaban J connectivity index is 3.10. The van der Waals surface area contributed by atoms with Crippen LogP contribution in [-0.4, -0.2) is 32.6 Å². The first-order chi connectivity index (χ1) is 8.54. The van der Waals surface area contributed by atoms with Crippen molar-refractivity contribution in [1.82, 2.24) is 4.90 Å². The third-order valence-electron chi connectivity index (χ3n) is 3.59. The summed E-state index contributed by atoms with van der Waals surface area (Å²) in [5.74, 6) is 1.42. The zero-order chi connectivity index (χ0) is 13.7. The number of rotatable bonds is 6. The molecule has 0 aromatic heterocycles. The van der Waals surface area contributed by atoms with Gasteiger partial charge in [-0.05, 0) is 50.7 Å². The Hall–Kier alpha value is -1.06. The lowest BCUT2D eigenvalue weighted by atomic mass is 9.89. The lowest BCUT2D eigenvalue weighted by Gasteiger charge is -2.32. The largest absolute Gasteiger partial charge is 0.496 e. The van der Waals surface area contributed by atoms with Gasteiger partial charge in [-0.1, -0.05) is 25.5 Å². The molecule has 1 aromatic carbocycles. The van der Waals surface area contributed by atoms with Gasteiger partial charge in [-0.25, -0.2) is 0 Å². The van der Waals surface area contributed by atoms with Gasteiger partial charge < -0.3 is 15.4 Å². The smallest absolute Gasteiger partial charge is 0.121 e. The fourth-order valence-electron chi connectivity index (χ4n) is 2.60. The molecule has 0 heterocycles. The van der Waals surface area contributed by atoms with E-state index >= 15 is 0 Å². The van der Waals surface area contributed by atoms with Gasteiger partial charge in [0, 0.05) is 6.04 Å². The second-order valence-electron chi connectivity index (χ2n) is 5.04. The van der Waals surface area contributed by atoms with E-state index < -0.39 is 0 Å². The third kappa shape index (κ3) is 3.24. The average Bonchev–Trinajstić information content (AvgIpc) is 2.35. The zero-order valence-electron chi connectivity index (χ0n) is 12.2. The highest BCUT2D eigenvalue weighted by Gasteiger charge is 2.23. The second-order valence-corrected chi connectivity index (χ2v) is 5.04. The molecule has 0 saturated carbocycles. The first kappa shape index (κ1) is 15.0. The molecule has 0 aliphatic rings. The van der Waals surface area contributed by atoms with E-state index in [-0.39, 0.29) is 0 Å². The molecule has 0 aliphatic heterocycles. The second kappa shape index (κ2) is 6.76. The molecule has 0 spiro atoms. The monoisotopic (exact) mass is 250 g/mol. The van der Waals surface area contributed by atoms with Gasteiger partial charge >= 0.3 is 0 Å². The Morgan fingerprint density at radius 2 is 2.00 bits per heavy atom. The van der Waals surface area contributed by atoms with E-state index in [1.165, 1.54) is 11.1 Å². The summed E-state index contributed by atoms with van der Waals surface area (Å²) in [6.45, 7) is 4.99. The first-order valence-corrected chi connectivity index (χ1v) is 6.56. The number of hydrogen-bond acceptors (Lipinski definition) is 3. The minimum Gasteiger partial charge on any atom is -0.496 e. The van der Waals surface area contributed by atoms with Crippen LogP contribution in [0.4, 0.5) is 0 Å². The lowest BCUT2D eigenvalue weighted by molar-refractivity contribution is 0.210. The zero-order valence-corrected chi connectivity index (χ0v) is 12.2. The van der Waals surface area contributed by atoms with Crippen LogP contribution in [0.15, 0.2) is 18.2 Å². The molecule has 2 unspecified atom stereocenters. The van der Waals surface area contributed by atoms with Crippen LogP contribution < -0.4 is 10.5 Å². The predicted molar refractivity (Wildman–Crippen MR) is 77.0 cm³/mol. The fourth-order valence-corrected chi connectivity index (χ4v) is 2.60. The van der Waals surface area contributed by atoms with Crippen molar-refractivity contribution in [1.29, 1.82) is 0 Å². The Morgan fingerprint density at radius 3 is 2.39 bits per heavy atom. The number of ether oxygens (including phenoxy) is 1. The van der Waals surface area contributed by atoms with Gasteiger partial charge in [0.15, 0.2) is 0 Å².